The van der Waals surface area contributed by atoms with E-state index in [0.29, 0.717) is 24.0 Å². The first-order valence-electron chi connectivity index (χ1n) is 20.4. The van der Waals surface area contributed by atoms with Crippen molar-refractivity contribution in [2.24, 2.45) is 0 Å². The Labute approximate surface area is 359 Å². The molecule has 0 aromatic heterocycles. The predicted octanol–water partition coefficient (Wildman–Crippen LogP) is 8.05. The van der Waals surface area contributed by atoms with Gasteiger partial charge in [0.2, 0.25) is 0 Å². The number of aliphatic hydroxyl groups is 4. The number of carbonyl (C=O) groups is 2. The molecule has 0 radical (unpaired) electrons. The molecular weight excluding hydrogens is 795 g/mol. The van der Waals surface area contributed by atoms with Crippen LogP contribution in [0.25, 0.3) is 0 Å². The molecule has 320 valence electrons. The largest absolute Gasteiger partial charge is 0.660 e. The summed E-state index contributed by atoms with van der Waals surface area (Å²) in [7, 11) is -6.29. The van der Waals surface area contributed by atoms with E-state index >= 15 is 0 Å². The molecule has 0 unspecified atom stereocenters. The molecule has 0 saturated heterocycles. The highest BCUT2D eigenvalue weighted by Gasteiger charge is 2.41. The van der Waals surface area contributed by atoms with Crippen LogP contribution in [0, 0.1) is 0 Å². The maximum Gasteiger partial charge on any atom is 0.660 e. The number of ketones is 2. The molecule has 0 aliphatic heterocycles. The van der Waals surface area contributed by atoms with Gasteiger partial charge in [0.25, 0.3) is 0 Å². The van der Waals surface area contributed by atoms with Gasteiger partial charge in [-0.05, 0) is 54.5 Å². The molecule has 0 amide bonds. The zero-order valence-corrected chi connectivity index (χ0v) is 36.3. The number of hydrogen-bond donors (Lipinski definition) is 4. The molecule has 0 bridgehead atoms. The van der Waals surface area contributed by atoms with Crippen LogP contribution in [-0.4, -0.2) is 95.4 Å². The number of rotatable bonds is 26. The highest BCUT2D eigenvalue weighted by atomic mass is 32.3. The fourth-order valence-electron chi connectivity index (χ4n) is 7.99. The van der Waals surface area contributed by atoms with E-state index in [4.69, 9.17) is 12.9 Å². The normalized spacial score (nSPS) is 12.6. The van der Waals surface area contributed by atoms with Crippen molar-refractivity contribution in [3.63, 3.8) is 0 Å². The van der Waals surface area contributed by atoms with Crippen molar-refractivity contribution in [2.75, 3.05) is 56.0 Å². The zero-order chi connectivity index (χ0) is 42.9. The van der Waals surface area contributed by atoms with Crippen LogP contribution in [-0.2, 0) is 29.8 Å². The Balaban J connectivity index is 1.56. The van der Waals surface area contributed by atoms with Crippen molar-refractivity contribution in [1.82, 2.24) is 0 Å². The molecule has 0 aliphatic rings. The van der Waals surface area contributed by atoms with Crippen molar-refractivity contribution in [3.05, 3.63) is 178 Å². The number of carbonyl (C=O) groups excluding carboxylic acids is 2. The molecule has 5 aromatic carbocycles. The first kappa shape index (κ1) is 47.0. The summed E-state index contributed by atoms with van der Waals surface area (Å²) in [6.07, 6.45) is 1.19. The first-order chi connectivity index (χ1) is 29.1. The molecule has 0 fully saturated rings. The minimum Gasteiger partial charge on any atom is -0.395 e. The van der Waals surface area contributed by atoms with Gasteiger partial charge in [-0.3, -0.25) is 9.59 Å². The molecule has 0 saturated carbocycles. The maximum atomic E-state index is 12.8. The van der Waals surface area contributed by atoms with Gasteiger partial charge in [0.05, 0.1) is 26.4 Å². The van der Waals surface area contributed by atoms with Gasteiger partial charge in [0, 0.05) is 57.7 Å². The second-order valence-electron chi connectivity index (χ2n) is 14.8. The molecule has 0 heterocycles. The molecule has 0 aliphatic carbocycles. The molecule has 9 nitrogen and oxygen atoms in total. The minimum atomic E-state index is -2.46. The third-order valence-electron chi connectivity index (χ3n) is 10.8. The first-order valence-corrected chi connectivity index (χ1v) is 24.6. The maximum absolute atomic E-state index is 12.8. The van der Waals surface area contributed by atoms with E-state index in [0.717, 1.165) is 27.8 Å². The van der Waals surface area contributed by atoms with Gasteiger partial charge in [-0.1, -0.05) is 140 Å². The third kappa shape index (κ3) is 12.1. The number of benzene rings is 5. The Hall–Kier alpha value is -4.08. The summed E-state index contributed by atoms with van der Waals surface area (Å²) in [4.78, 5) is 25.6. The predicted molar refractivity (Wildman–Crippen MR) is 246 cm³/mol. The Morgan fingerprint density at radius 2 is 0.850 bits per heavy atom. The van der Waals surface area contributed by atoms with Crippen LogP contribution in [0.5, 0.6) is 0 Å². The molecule has 60 heavy (non-hydrogen) atoms. The summed E-state index contributed by atoms with van der Waals surface area (Å²) in [6, 6.07) is 45.7. The van der Waals surface area contributed by atoms with Crippen LogP contribution in [0.15, 0.2) is 140 Å². The van der Waals surface area contributed by atoms with Gasteiger partial charge < -0.3 is 33.3 Å². The average molecular weight is 855 g/mol. The Bertz CT molecular complexity index is 1880. The highest BCUT2D eigenvalue weighted by molar-refractivity contribution is 8.30. The Morgan fingerprint density at radius 3 is 1.18 bits per heavy atom. The summed E-state index contributed by atoms with van der Waals surface area (Å²) >= 11 is 0. The summed E-state index contributed by atoms with van der Waals surface area (Å²) in [6.45, 7) is 2.17. The standard InChI is InChI=1S/C48H59BO9S2/c1-39(54)46-25-14-12-17-41(46)37-59(33-28-50,34-29-51)57-49(58-60(35-30-52,36-31-53)38-42-18-13-15-26-47(42)40(2)55)56-32-16-27-48(43-19-6-3-7-20-43,44-21-8-4-9-22-44)45-23-10-5-11-24-45/h3-15,17-26,50-53H,16,27-38H2,1-2H3. The minimum absolute atomic E-state index is 0.117. The average Bonchev–Trinajstić information content (AvgIpc) is 3.25. The highest BCUT2D eigenvalue weighted by Crippen LogP contribution is 2.57. The summed E-state index contributed by atoms with van der Waals surface area (Å²) in [5.41, 5.74) is 5.33. The summed E-state index contributed by atoms with van der Waals surface area (Å²) < 4.78 is 20.7. The van der Waals surface area contributed by atoms with E-state index < -0.39 is 33.4 Å². The molecule has 0 spiro atoms. The van der Waals surface area contributed by atoms with E-state index in [1.165, 1.54) is 13.8 Å². The zero-order valence-electron chi connectivity index (χ0n) is 34.7. The van der Waals surface area contributed by atoms with E-state index in [1.54, 1.807) is 24.3 Å². The van der Waals surface area contributed by atoms with Crippen LogP contribution in [0.3, 0.4) is 0 Å². The van der Waals surface area contributed by atoms with Crippen molar-refractivity contribution in [1.29, 1.82) is 0 Å². The Morgan fingerprint density at radius 1 is 0.517 bits per heavy atom. The van der Waals surface area contributed by atoms with Gasteiger partial charge in [0.1, 0.15) is 0 Å². The monoisotopic (exact) mass is 854 g/mol. The van der Waals surface area contributed by atoms with Crippen LogP contribution >= 0.6 is 20.6 Å². The van der Waals surface area contributed by atoms with Gasteiger partial charge in [-0.25, -0.2) is 0 Å². The lowest BCUT2D eigenvalue weighted by Crippen LogP contribution is -2.37. The number of aliphatic hydroxyl groups excluding tert-OH is 4. The lowest BCUT2D eigenvalue weighted by Gasteiger charge is -2.45. The van der Waals surface area contributed by atoms with E-state index in [1.807, 2.05) is 78.9 Å². The van der Waals surface area contributed by atoms with Gasteiger partial charge >= 0.3 is 7.32 Å². The molecule has 4 N–H and O–H groups in total. The molecule has 5 aromatic rings. The van der Waals surface area contributed by atoms with Crippen molar-refractivity contribution >= 4 is 39.5 Å². The van der Waals surface area contributed by atoms with E-state index in [9.17, 15) is 30.0 Å². The summed E-state index contributed by atoms with van der Waals surface area (Å²) in [5.74, 6) is 0.898. The molecule has 5 rings (SSSR count). The molecule has 0 atom stereocenters. The number of hydrogen-bond acceptors (Lipinski definition) is 9. The molecular formula is C48H59BO9S2. The summed E-state index contributed by atoms with van der Waals surface area (Å²) in [5, 5.41) is 42.1. The topological polar surface area (TPSA) is 143 Å². The fourth-order valence-corrected chi connectivity index (χ4v) is 13.4. The Kier molecular flexibility index (Phi) is 18.2. The second-order valence-corrected chi connectivity index (χ2v) is 21.3. The smallest absolute Gasteiger partial charge is 0.395 e. The van der Waals surface area contributed by atoms with E-state index in [2.05, 4.69) is 36.4 Å². The lowest BCUT2D eigenvalue weighted by molar-refractivity contribution is 0.100. The SMILES string of the molecule is CC(=O)c1ccccc1CS(CCO)(CCO)OB(OCCCC(c1ccccc1)(c1ccccc1)c1ccccc1)OS(CCO)(CCO)Cc1ccccc1C(C)=O. The quantitative estimate of drug-likeness (QED) is 0.0188. The van der Waals surface area contributed by atoms with Crippen LogP contribution < -0.4 is 0 Å². The van der Waals surface area contributed by atoms with Crippen molar-refractivity contribution in [3.8, 4) is 0 Å². The van der Waals surface area contributed by atoms with Gasteiger partial charge in [-0.2, -0.15) is 0 Å². The van der Waals surface area contributed by atoms with Crippen LogP contribution in [0.1, 0.15) is 75.2 Å². The van der Waals surface area contributed by atoms with Gasteiger partial charge in [-0.15, -0.1) is 20.6 Å². The van der Waals surface area contributed by atoms with Crippen LogP contribution in [0.4, 0.5) is 0 Å². The fraction of sp³-hybridized carbons (Fsp3) is 0.333. The van der Waals surface area contributed by atoms with Gasteiger partial charge in [0.15, 0.2) is 11.6 Å². The van der Waals surface area contributed by atoms with Crippen LogP contribution in [0.2, 0.25) is 0 Å². The third-order valence-corrected chi connectivity index (χ3v) is 17.3. The van der Waals surface area contributed by atoms with Crippen molar-refractivity contribution < 1.29 is 42.9 Å². The molecule has 12 heteroatoms. The van der Waals surface area contributed by atoms with E-state index in [-0.39, 0.29) is 79.1 Å². The second kappa shape index (κ2) is 23.2. The lowest BCUT2D eigenvalue weighted by atomic mass is 9.67. The number of Topliss-reactive ketones (excluding diaryl/α,β-unsaturated/α-hetero) is 2. The van der Waals surface area contributed by atoms with Crippen molar-refractivity contribution in [2.45, 2.75) is 43.6 Å².